The third-order valence-corrected chi connectivity index (χ3v) is 4.27. The lowest BCUT2D eigenvalue weighted by Gasteiger charge is -2.27. The molecular weight excluding hydrogens is 374 g/mol. The van der Waals surface area contributed by atoms with Crippen molar-refractivity contribution < 1.29 is 19.9 Å². The smallest absolute Gasteiger partial charge is 0.281 e. The molecule has 0 aliphatic heterocycles. The van der Waals surface area contributed by atoms with Gasteiger partial charge in [0.05, 0.1) is 11.1 Å². The molecule has 3 aromatic rings. The summed E-state index contributed by atoms with van der Waals surface area (Å²) in [5.74, 6) is -1.53. The average molecular weight is 390 g/mol. The fourth-order valence-electron chi connectivity index (χ4n) is 2.79. The normalized spacial score (nSPS) is 11.3. The zero-order valence-corrected chi connectivity index (χ0v) is 15.1. The van der Waals surface area contributed by atoms with Crippen LogP contribution in [-0.4, -0.2) is 22.2 Å². The van der Waals surface area contributed by atoms with E-state index >= 15 is 0 Å². The Morgan fingerprint density at radius 2 is 1.55 bits per heavy atom. The van der Waals surface area contributed by atoms with Crippen LogP contribution in [0.2, 0.25) is 0 Å². The molecule has 0 spiro atoms. The fourth-order valence-corrected chi connectivity index (χ4v) is 2.79. The second-order valence-electron chi connectivity index (χ2n) is 6.13. The largest absolute Gasteiger partial charge is 0.868 e. The van der Waals surface area contributed by atoms with E-state index in [9.17, 15) is 25.1 Å². The monoisotopic (exact) mass is 390 g/mol. The van der Waals surface area contributed by atoms with E-state index in [1.807, 2.05) is 0 Å². The molecule has 1 amide bonds. The molecule has 0 bridgehead atoms. The van der Waals surface area contributed by atoms with Crippen molar-refractivity contribution in [3.8, 4) is 5.75 Å². The number of benzene rings is 3. The number of rotatable bonds is 6. The molecule has 0 fully saturated rings. The highest BCUT2D eigenvalue weighted by Gasteiger charge is 2.39. The van der Waals surface area contributed by atoms with E-state index in [0.29, 0.717) is 11.1 Å². The maximum absolute atomic E-state index is 12.9. The van der Waals surface area contributed by atoms with Crippen LogP contribution in [-0.2, 0) is 10.4 Å². The van der Waals surface area contributed by atoms with Crippen LogP contribution in [0.3, 0.4) is 0 Å². The number of nitrogens with zero attached hydrogens (tertiary/aromatic N) is 2. The summed E-state index contributed by atoms with van der Waals surface area (Å²) in [6, 6.07) is 20.2. The first-order valence-electron chi connectivity index (χ1n) is 8.55. The van der Waals surface area contributed by atoms with Gasteiger partial charge in [0, 0.05) is 11.6 Å². The number of nitro groups is 1. The minimum atomic E-state index is -2.00. The average Bonchev–Trinajstić information content (AvgIpc) is 2.75. The van der Waals surface area contributed by atoms with Crippen molar-refractivity contribution >= 4 is 17.8 Å². The van der Waals surface area contributed by atoms with Gasteiger partial charge in [-0.3, -0.25) is 14.9 Å². The van der Waals surface area contributed by atoms with Gasteiger partial charge in [0.2, 0.25) is 0 Å². The van der Waals surface area contributed by atoms with Crippen molar-refractivity contribution in [2.45, 2.75) is 5.60 Å². The summed E-state index contributed by atoms with van der Waals surface area (Å²) in [5.41, 5.74) is 0.631. The van der Waals surface area contributed by atoms with Crippen LogP contribution in [0.1, 0.15) is 16.7 Å². The Bertz CT molecular complexity index is 1010. The second kappa shape index (κ2) is 8.32. The Hall–Kier alpha value is -4.04. The predicted octanol–water partition coefficient (Wildman–Crippen LogP) is 2.05. The van der Waals surface area contributed by atoms with Crippen molar-refractivity contribution in [1.82, 2.24) is 5.43 Å². The van der Waals surface area contributed by atoms with Gasteiger partial charge in [0.25, 0.3) is 11.6 Å². The lowest BCUT2D eigenvalue weighted by atomic mass is 9.85. The van der Waals surface area contributed by atoms with Gasteiger partial charge in [-0.15, -0.1) is 0 Å². The molecule has 3 aromatic carbocycles. The van der Waals surface area contributed by atoms with Crippen LogP contribution < -0.4 is 10.5 Å². The Kier molecular flexibility index (Phi) is 5.66. The molecule has 0 aromatic heterocycles. The van der Waals surface area contributed by atoms with Crippen molar-refractivity contribution in [3.05, 3.63) is 106 Å². The fraction of sp³-hybridized carbons (Fsp3) is 0.0476. The molecule has 0 saturated carbocycles. The van der Waals surface area contributed by atoms with E-state index in [0.717, 1.165) is 18.3 Å². The number of hydrogen-bond donors (Lipinski definition) is 2. The quantitative estimate of drug-likeness (QED) is 0.378. The van der Waals surface area contributed by atoms with Crippen molar-refractivity contribution in [2.75, 3.05) is 0 Å². The third kappa shape index (κ3) is 4.12. The predicted molar refractivity (Wildman–Crippen MR) is 104 cm³/mol. The molecule has 3 rings (SSSR count). The molecule has 0 radical (unpaired) electrons. The number of aliphatic hydroxyl groups is 1. The molecule has 0 atom stereocenters. The first kappa shape index (κ1) is 19.7. The molecule has 2 N–H and O–H groups in total. The lowest BCUT2D eigenvalue weighted by Crippen LogP contribution is -2.43. The van der Waals surface area contributed by atoms with Gasteiger partial charge in [-0.2, -0.15) is 5.10 Å². The van der Waals surface area contributed by atoms with Crippen LogP contribution >= 0.6 is 0 Å². The summed E-state index contributed by atoms with van der Waals surface area (Å²) in [6.45, 7) is 0. The van der Waals surface area contributed by atoms with Gasteiger partial charge in [-0.25, -0.2) is 5.43 Å². The van der Waals surface area contributed by atoms with E-state index in [2.05, 4.69) is 10.5 Å². The Balaban J connectivity index is 1.88. The maximum atomic E-state index is 12.9. The first-order chi connectivity index (χ1) is 13.9. The Labute approximate surface area is 165 Å². The third-order valence-electron chi connectivity index (χ3n) is 4.27. The summed E-state index contributed by atoms with van der Waals surface area (Å²) < 4.78 is 0. The van der Waals surface area contributed by atoms with Gasteiger partial charge < -0.3 is 10.2 Å². The van der Waals surface area contributed by atoms with E-state index in [4.69, 9.17) is 0 Å². The Morgan fingerprint density at radius 3 is 2.07 bits per heavy atom. The maximum Gasteiger partial charge on any atom is 0.281 e. The molecule has 8 heteroatoms. The zero-order valence-electron chi connectivity index (χ0n) is 15.1. The van der Waals surface area contributed by atoms with Gasteiger partial charge >= 0.3 is 0 Å². The summed E-state index contributed by atoms with van der Waals surface area (Å²) in [7, 11) is 0. The summed E-state index contributed by atoms with van der Waals surface area (Å²) in [6.07, 6.45) is 1.15. The van der Waals surface area contributed by atoms with Gasteiger partial charge in [0.15, 0.2) is 5.60 Å². The van der Waals surface area contributed by atoms with Gasteiger partial charge in [0.1, 0.15) is 0 Å². The van der Waals surface area contributed by atoms with Crippen molar-refractivity contribution in [3.63, 3.8) is 0 Å². The van der Waals surface area contributed by atoms with Crippen LogP contribution in [0.25, 0.3) is 0 Å². The Morgan fingerprint density at radius 1 is 1.00 bits per heavy atom. The highest BCUT2D eigenvalue weighted by molar-refractivity contribution is 5.91. The molecular formula is C21H16N3O5-. The molecule has 0 aliphatic carbocycles. The highest BCUT2D eigenvalue weighted by atomic mass is 16.6. The summed E-state index contributed by atoms with van der Waals surface area (Å²) in [4.78, 5) is 22.9. The minimum Gasteiger partial charge on any atom is -0.868 e. The van der Waals surface area contributed by atoms with E-state index in [1.54, 1.807) is 60.7 Å². The van der Waals surface area contributed by atoms with Crippen molar-refractivity contribution in [2.24, 2.45) is 5.10 Å². The number of hydrazone groups is 1. The summed E-state index contributed by atoms with van der Waals surface area (Å²) >= 11 is 0. The molecule has 0 unspecified atom stereocenters. The van der Waals surface area contributed by atoms with Gasteiger partial charge in [-0.1, -0.05) is 72.8 Å². The van der Waals surface area contributed by atoms with E-state index in [1.165, 1.54) is 6.07 Å². The highest BCUT2D eigenvalue weighted by Crippen LogP contribution is 2.30. The first-order valence-corrected chi connectivity index (χ1v) is 8.55. The second-order valence-corrected chi connectivity index (χ2v) is 6.13. The van der Waals surface area contributed by atoms with Crippen LogP contribution in [0.5, 0.6) is 5.75 Å². The van der Waals surface area contributed by atoms with Crippen LogP contribution in [0.15, 0.2) is 84.0 Å². The number of nitrogens with one attached hydrogen (secondary N) is 1. The van der Waals surface area contributed by atoms with Crippen LogP contribution in [0.4, 0.5) is 5.69 Å². The molecule has 0 saturated heterocycles. The standard InChI is InChI=1S/C21H17N3O5/c25-19-12-11-15(13-18(19)24(28)29)14-22-23-20(26)21(27,16-7-3-1-4-8-16)17-9-5-2-6-10-17/h1-14,25,27H,(H,23,26)/p-1/b22-14-. The molecule has 146 valence electrons. The number of amides is 1. The number of hydrogen-bond acceptors (Lipinski definition) is 6. The minimum absolute atomic E-state index is 0.250. The van der Waals surface area contributed by atoms with Crippen molar-refractivity contribution in [1.29, 1.82) is 0 Å². The van der Waals surface area contributed by atoms with E-state index in [-0.39, 0.29) is 5.56 Å². The van der Waals surface area contributed by atoms with E-state index < -0.39 is 27.9 Å². The molecule has 0 heterocycles. The number of carbonyl (C=O) groups is 1. The summed E-state index contributed by atoms with van der Waals surface area (Å²) in [5, 5.41) is 37.3. The van der Waals surface area contributed by atoms with Crippen LogP contribution in [0, 0.1) is 10.1 Å². The molecule has 0 aliphatic rings. The topological polar surface area (TPSA) is 128 Å². The SMILES string of the molecule is O=C(N/N=C\c1ccc([O-])c([N+](=O)[O-])c1)C(O)(c1ccccc1)c1ccccc1. The van der Waals surface area contributed by atoms with Gasteiger partial charge in [-0.05, 0) is 16.9 Å². The zero-order chi connectivity index (χ0) is 20.9. The molecule has 29 heavy (non-hydrogen) atoms. The lowest BCUT2D eigenvalue weighted by molar-refractivity contribution is -0.398. The number of nitro benzene ring substituents is 1. The number of carbonyl (C=O) groups excluding carboxylic acids is 1. The molecule has 8 nitrogen and oxygen atoms in total.